The van der Waals surface area contributed by atoms with E-state index in [-0.39, 0.29) is 0 Å². The van der Waals surface area contributed by atoms with E-state index in [1.807, 2.05) is 0 Å². The van der Waals surface area contributed by atoms with Crippen molar-refractivity contribution in [1.29, 1.82) is 5.41 Å². The molecule has 6 heteroatoms. The molecule has 12 heavy (non-hydrogen) atoms. The lowest BCUT2D eigenvalue weighted by atomic mass is 9.99. The van der Waals surface area contributed by atoms with E-state index in [9.17, 15) is 13.2 Å². The van der Waals surface area contributed by atoms with Gasteiger partial charge in [0.05, 0.1) is 6.61 Å². The molecule has 0 radical (unpaired) electrons. The van der Waals surface area contributed by atoms with Crippen molar-refractivity contribution in [2.24, 2.45) is 0 Å². The van der Waals surface area contributed by atoms with Crippen molar-refractivity contribution in [3.8, 4) is 0 Å². The summed E-state index contributed by atoms with van der Waals surface area (Å²) >= 11 is 0. The Labute approximate surface area is 67.3 Å². The van der Waals surface area contributed by atoms with Crippen LogP contribution in [-0.4, -0.2) is 34.3 Å². The van der Waals surface area contributed by atoms with Crippen LogP contribution in [0.3, 0.4) is 0 Å². The zero-order valence-corrected chi connectivity index (χ0v) is 6.44. The van der Waals surface area contributed by atoms with Crippen LogP contribution in [0.15, 0.2) is 0 Å². The smallest absolute Gasteiger partial charge is 0.390 e. The number of alkyl halides is 3. The van der Waals surface area contributed by atoms with Gasteiger partial charge in [-0.05, 0) is 6.92 Å². The van der Waals surface area contributed by atoms with Gasteiger partial charge in [-0.1, -0.05) is 0 Å². The standard InChI is InChI=1S/C6H10F3NO2/c1-5(12,6(7,8)9)2-4(10)3-11/h10-12H,2-3H2,1H3. The number of halogens is 3. The molecular formula is C6H10F3NO2. The molecule has 0 aliphatic heterocycles. The molecule has 0 saturated heterocycles. The fourth-order valence-electron chi connectivity index (χ4n) is 0.572. The van der Waals surface area contributed by atoms with E-state index in [0.29, 0.717) is 6.92 Å². The van der Waals surface area contributed by atoms with Gasteiger partial charge in [-0.3, -0.25) is 0 Å². The summed E-state index contributed by atoms with van der Waals surface area (Å²) in [6.45, 7) is -0.205. The van der Waals surface area contributed by atoms with Gasteiger partial charge in [-0.15, -0.1) is 0 Å². The van der Waals surface area contributed by atoms with Gasteiger partial charge in [0.2, 0.25) is 0 Å². The first-order valence-corrected chi connectivity index (χ1v) is 3.17. The summed E-state index contributed by atoms with van der Waals surface area (Å²) in [7, 11) is 0. The predicted molar refractivity (Wildman–Crippen MR) is 36.1 cm³/mol. The van der Waals surface area contributed by atoms with Crippen LogP contribution in [-0.2, 0) is 0 Å². The first-order valence-electron chi connectivity index (χ1n) is 3.17. The van der Waals surface area contributed by atoms with Crippen molar-refractivity contribution >= 4 is 5.71 Å². The molecule has 0 rings (SSSR count). The number of aliphatic hydroxyl groups excluding tert-OH is 1. The van der Waals surface area contributed by atoms with E-state index in [0.717, 1.165) is 0 Å². The van der Waals surface area contributed by atoms with Crippen LogP contribution < -0.4 is 0 Å². The Balaban J connectivity index is 4.33. The zero-order valence-electron chi connectivity index (χ0n) is 6.44. The van der Waals surface area contributed by atoms with Gasteiger partial charge in [-0.25, -0.2) is 0 Å². The maximum atomic E-state index is 11.9. The third-order valence-corrected chi connectivity index (χ3v) is 1.36. The molecule has 0 saturated carbocycles. The quantitative estimate of drug-likeness (QED) is 0.567. The first kappa shape index (κ1) is 11.4. The molecule has 1 unspecified atom stereocenters. The molecule has 0 aromatic rings. The molecule has 0 spiro atoms. The van der Waals surface area contributed by atoms with Crippen LogP contribution >= 0.6 is 0 Å². The molecule has 0 aliphatic carbocycles. The van der Waals surface area contributed by atoms with Crippen LogP contribution in [0.4, 0.5) is 13.2 Å². The van der Waals surface area contributed by atoms with E-state index >= 15 is 0 Å². The number of hydrogen-bond donors (Lipinski definition) is 3. The lowest BCUT2D eigenvalue weighted by molar-refractivity contribution is -0.249. The van der Waals surface area contributed by atoms with E-state index < -0.39 is 30.5 Å². The Hall–Kier alpha value is -0.620. The lowest BCUT2D eigenvalue weighted by Gasteiger charge is -2.25. The minimum Gasteiger partial charge on any atom is -0.390 e. The van der Waals surface area contributed by atoms with Gasteiger partial charge < -0.3 is 15.6 Å². The third-order valence-electron chi connectivity index (χ3n) is 1.36. The topological polar surface area (TPSA) is 64.3 Å². The van der Waals surface area contributed by atoms with Crippen molar-refractivity contribution in [3.63, 3.8) is 0 Å². The molecule has 0 aromatic heterocycles. The maximum Gasteiger partial charge on any atom is 0.417 e. The Morgan fingerprint density at radius 3 is 2.08 bits per heavy atom. The highest BCUT2D eigenvalue weighted by atomic mass is 19.4. The molecule has 0 aromatic carbocycles. The molecule has 1 atom stereocenters. The van der Waals surface area contributed by atoms with Crippen molar-refractivity contribution < 1.29 is 23.4 Å². The predicted octanol–water partition coefficient (Wildman–Crippen LogP) is 0.702. The molecule has 72 valence electrons. The second-order valence-electron chi connectivity index (χ2n) is 2.71. The molecule has 0 amide bonds. The molecule has 0 fully saturated rings. The Kier molecular flexibility index (Phi) is 3.23. The second kappa shape index (κ2) is 3.40. The second-order valence-corrected chi connectivity index (χ2v) is 2.71. The molecule has 3 N–H and O–H groups in total. The number of rotatable bonds is 3. The van der Waals surface area contributed by atoms with E-state index in [2.05, 4.69) is 0 Å². The van der Waals surface area contributed by atoms with Crippen LogP contribution in [0.1, 0.15) is 13.3 Å². The highest BCUT2D eigenvalue weighted by Gasteiger charge is 2.50. The van der Waals surface area contributed by atoms with Gasteiger partial charge in [0, 0.05) is 12.1 Å². The highest BCUT2D eigenvalue weighted by molar-refractivity contribution is 5.83. The monoisotopic (exact) mass is 185 g/mol. The summed E-state index contributed by atoms with van der Waals surface area (Å²) < 4.78 is 35.7. The molecule has 0 aliphatic rings. The highest BCUT2D eigenvalue weighted by Crippen LogP contribution is 2.32. The number of nitrogens with one attached hydrogen (secondary N) is 1. The van der Waals surface area contributed by atoms with Gasteiger partial charge >= 0.3 is 6.18 Å². The SMILES string of the molecule is CC(O)(CC(=N)CO)C(F)(F)F. The normalized spacial score (nSPS) is 17.2. The Bertz CT molecular complexity index is 176. The van der Waals surface area contributed by atoms with Crippen molar-refractivity contribution in [2.75, 3.05) is 6.61 Å². The zero-order chi connectivity index (χ0) is 9.99. The summed E-state index contributed by atoms with van der Waals surface area (Å²) in [4.78, 5) is 0. The largest absolute Gasteiger partial charge is 0.417 e. The minimum atomic E-state index is -4.77. The van der Waals surface area contributed by atoms with Crippen LogP contribution in [0, 0.1) is 5.41 Å². The van der Waals surface area contributed by atoms with Crippen LogP contribution in [0.2, 0.25) is 0 Å². The fourth-order valence-corrected chi connectivity index (χ4v) is 0.572. The van der Waals surface area contributed by atoms with E-state index in [1.165, 1.54) is 0 Å². The number of hydrogen-bond acceptors (Lipinski definition) is 3. The summed E-state index contributed by atoms with van der Waals surface area (Å²) in [5.74, 6) is 0. The van der Waals surface area contributed by atoms with Gasteiger partial charge in [0.15, 0.2) is 5.60 Å². The van der Waals surface area contributed by atoms with E-state index in [1.54, 1.807) is 0 Å². The van der Waals surface area contributed by atoms with Crippen LogP contribution in [0.5, 0.6) is 0 Å². The van der Waals surface area contributed by atoms with Gasteiger partial charge in [0.25, 0.3) is 0 Å². The van der Waals surface area contributed by atoms with Crippen molar-refractivity contribution in [2.45, 2.75) is 25.1 Å². The van der Waals surface area contributed by atoms with Crippen molar-refractivity contribution in [1.82, 2.24) is 0 Å². The molecule has 0 bridgehead atoms. The summed E-state index contributed by atoms with van der Waals surface area (Å²) in [6, 6.07) is 0. The Morgan fingerprint density at radius 2 is 1.83 bits per heavy atom. The fraction of sp³-hybridized carbons (Fsp3) is 0.833. The van der Waals surface area contributed by atoms with Crippen molar-refractivity contribution in [3.05, 3.63) is 0 Å². The van der Waals surface area contributed by atoms with Gasteiger partial charge in [0.1, 0.15) is 0 Å². The Morgan fingerprint density at radius 1 is 1.42 bits per heavy atom. The van der Waals surface area contributed by atoms with Gasteiger partial charge in [-0.2, -0.15) is 13.2 Å². The summed E-state index contributed by atoms with van der Waals surface area (Å²) in [5.41, 5.74) is -3.47. The molecule has 0 heterocycles. The molecular weight excluding hydrogens is 175 g/mol. The molecule has 3 nitrogen and oxygen atoms in total. The number of aliphatic hydroxyl groups is 2. The average molecular weight is 185 g/mol. The minimum absolute atomic E-state index is 0.544. The lowest BCUT2D eigenvalue weighted by Crippen LogP contribution is -2.44. The van der Waals surface area contributed by atoms with Crippen LogP contribution in [0.25, 0.3) is 0 Å². The summed E-state index contributed by atoms with van der Waals surface area (Å²) in [5, 5.41) is 23.8. The average Bonchev–Trinajstić information content (AvgIpc) is 1.84. The maximum absolute atomic E-state index is 11.9. The summed E-state index contributed by atoms with van der Waals surface area (Å²) in [6.07, 6.45) is -5.67. The first-order chi connectivity index (χ1) is 5.20. The van der Waals surface area contributed by atoms with E-state index in [4.69, 9.17) is 15.6 Å². The third kappa shape index (κ3) is 2.78.